The van der Waals surface area contributed by atoms with Crippen molar-refractivity contribution >= 4 is 35.3 Å². The summed E-state index contributed by atoms with van der Waals surface area (Å²) in [6, 6.07) is 10.6. The number of carbonyl (C=O) groups excluding carboxylic acids is 2. The Labute approximate surface area is 148 Å². The van der Waals surface area contributed by atoms with Crippen LogP contribution in [0.5, 0.6) is 11.5 Å². The van der Waals surface area contributed by atoms with Crippen LogP contribution in [0.1, 0.15) is 18.4 Å². The molecule has 0 aromatic heterocycles. The van der Waals surface area contributed by atoms with E-state index < -0.39 is 5.91 Å². The number of halogens is 1. The second kappa shape index (κ2) is 8.70. The highest BCUT2D eigenvalue weighted by molar-refractivity contribution is 6.30. The maximum atomic E-state index is 11.8. The van der Waals surface area contributed by atoms with E-state index >= 15 is 0 Å². The van der Waals surface area contributed by atoms with Crippen LogP contribution in [-0.4, -0.2) is 28.2 Å². The summed E-state index contributed by atoms with van der Waals surface area (Å²) in [5.41, 5.74) is 3.18. The van der Waals surface area contributed by atoms with Gasteiger partial charge in [0, 0.05) is 35.2 Å². The maximum Gasteiger partial charge on any atom is 0.240 e. The molecule has 0 bridgehead atoms. The van der Waals surface area contributed by atoms with E-state index in [9.17, 15) is 19.8 Å². The highest BCUT2D eigenvalue weighted by Crippen LogP contribution is 2.20. The fraction of sp³-hybridized carbons (Fsp3) is 0.118. The van der Waals surface area contributed by atoms with Gasteiger partial charge in [0.2, 0.25) is 11.8 Å². The summed E-state index contributed by atoms with van der Waals surface area (Å²) < 4.78 is 0. The Morgan fingerprint density at radius 2 is 1.72 bits per heavy atom. The van der Waals surface area contributed by atoms with Gasteiger partial charge in [0.15, 0.2) is 0 Å². The predicted octanol–water partition coefficient (Wildman–Crippen LogP) is 2.62. The number of nitrogens with one attached hydrogen (secondary N) is 2. The molecule has 0 aliphatic carbocycles. The van der Waals surface area contributed by atoms with Crippen LogP contribution in [0, 0.1) is 0 Å². The lowest BCUT2D eigenvalue weighted by molar-refractivity contribution is -0.124. The van der Waals surface area contributed by atoms with Gasteiger partial charge in [0.1, 0.15) is 11.5 Å². The minimum atomic E-state index is -0.444. The molecule has 7 nitrogen and oxygen atoms in total. The normalized spacial score (nSPS) is 10.6. The van der Waals surface area contributed by atoms with Gasteiger partial charge < -0.3 is 15.5 Å². The highest BCUT2D eigenvalue weighted by Gasteiger charge is 2.07. The summed E-state index contributed by atoms with van der Waals surface area (Å²) in [6.45, 7) is 0. The number of aromatic hydroxyl groups is 2. The number of hydrogen-bond donors (Lipinski definition) is 4. The molecule has 0 unspecified atom stereocenters. The zero-order valence-corrected chi connectivity index (χ0v) is 13.8. The molecule has 8 heteroatoms. The van der Waals surface area contributed by atoms with E-state index in [1.165, 1.54) is 18.3 Å². The van der Waals surface area contributed by atoms with E-state index in [0.29, 0.717) is 16.3 Å². The lowest BCUT2D eigenvalue weighted by Gasteiger charge is -2.05. The van der Waals surface area contributed by atoms with E-state index in [0.717, 1.165) is 6.07 Å². The van der Waals surface area contributed by atoms with Crippen molar-refractivity contribution in [3.8, 4) is 11.5 Å². The average molecular weight is 362 g/mol. The molecular weight excluding hydrogens is 346 g/mol. The second-order valence-electron chi connectivity index (χ2n) is 5.09. The first-order valence-electron chi connectivity index (χ1n) is 7.33. The first-order chi connectivity index (χ1) is 11.9. The number of hydrazone groups is 1. The van der Waals surface area contributed by atoms with E-state index in [1.54, 1.807) is 24.3 Å². The number of hydrogen-bond acceptors (Lipinski definition) is 5. The summed E-state index contributed by atoms with van der Waals surface area (Å²) in [6.07, 6.45) is 1.19. The molecule has 0 heterocycles. The molecule has 0 spiro atoms. The standard InChI is InChI=1S/C17H16ClN3O4/c18-12-2-4-13(5-3-12)20-16(24)7-8-17(25)21-19-10-11-1-6-14(22)9-15(11)23/h1-6,9-10,22-23H,7-8H2,(H,20,24)(H,21,25)/b19-10-. The van der Waals surface area contributed by atoms with E-state index in [-0.39, 0.29) is 30.2 Å². The van der Waals surface area contributed by atoms with Gasteiger partial charge in [-0.15, -0.1) is 0 Å². The molecule has 0 fully saturated rings. The summed E-state index contributed by atoms with van der Waals surface area (Å²) >= 11 is 5.75. The van der Waals surface area contributed by atoms with Crippen LogP contribution in [0.15, 0.2) is 47.6 Å². The fourth-order valence-corrected chi connectivity index (χ4v) is 1.98. The largest absolute Gasteiger partial charge is 0.508 e. The van der Waals surface area contributed by atoms with Crippen LogP contribution >= 0.6 is 11.6 Å². The number of benzene rings is 2. The van der Waals surface area contributed by atoms with Crippen molar-refractivity contribution in [3.05, 3.63) is 53.1 Å². The summed E-state index contributed by atoms with van der Waals surface area (Å²) in [5.74, 6) is -0.996. The fourth-order valence-electron chi connectivity index (χ4n) is 1.85. The molecular formula is C17H16ClN3O4. The van der Waals surface area contributed by atoms with Crippen LogP contribution in [-0.2, 0) is 9.59 Å². The summed E-state index contributed by atoms with van der Waals surface area (Å²) in [4.78, 5) is 23.4. The highest BCUT2D eigenvalue weighted by atomic mass is 35.5. The molecule has 2 amide bonds. The van der Waals surface area contributed by atoms with Gasteiger partial charge in [0.25, 0.3) is 0 Å². The zero-order valence-electron chi connectivity index (χ0n) is 13.1. The summed E-state index contributed by atoms with van der Waals surface area (Å²) in [5, 5.41) is 25.6. The molecule has 0 radical (unpaired) electrons. The van der Waals surface area contributed by atoms with Gasteiger partial charge in [-0.3, -0.25) is 9.59 Å². The van der Waals surface area contributed by atoms with Gasteiger partial charge in [0.05, 0.1) is 6.21 Å². The number of nitrogens with zero attached hydrogens (tertiary/aromatic N) is 1. The number of amides is 2. The molecule has 0 aliphatic rings. The molecule has 130 valence electrons. The third-order valence-electron chi connectivity index (χ3n) is 3.11. The quantitative estimate of drug-likeness (QED) is 0.468. The van der Waals surface area contributed by atoms with E-state index in [1.807, 2.05) is 0 Å². The Kier molecular flexibility index (Phi) is 6.36. The molecule has 25 heavy (non-hydrogen) atoms. The Morgan fingerprint density at radius 1 is 1.04 bits per heavy atom. The van der Waals surface area contributed by atoms with Gasteiger partial charge >= 0.3 is 0 Å². The monoisotopic (exact) mass is 361 g/mol. The Balaban J connectivity index is 1.75. The average Bonchev–Trinajstić information content (AvgIpc) is 2.57. The number of carbonyl (C=O) groups is 2. The second-order valence-corrected chi connectivity index (χ2v) is 5.53. The van der Waals surface area contributed by atoms with Crippen molar-refractivity contribution in [2.75, 3.05) is 5.32 Å². The Bertz CT molecular complexity index is 791. The van der Waals surface area contributed by atoms with Crippen molar-refractivity contribution in [1.29, 1.82) is 0 Å². The van der Waals surface area contributed by atoms with Crippen LogP contribution in [0.4, 0.5) is 5.69 Å². The van der Waals surface area contributed by atoms with E-state index in [2.05, 4.69) is 15.8 Å². The number of phenolic OH excluding ortho intramolecular Hbond substituents is 2. The molecule has 0 aliphatic heterocycles. The predicted molar refractivity (Wildman–Crippen MR) is 94.8 cm³/mol. The molecule has 4 N–H and O–H groups in total. The first-order valence-corrected chi connectivity index (χ1v) is 7.71. The number of anilines is 1. The first kappa shape index (κ1) is 18.3. The van der Waals surface area contributed by atoms with Crippen LogP contribution in [0.25, 0.3) is 0 Å². The minimum Gasteiger partial charge on any atom is -0.508 e. The lowest BCUT2D eigenvalue weighted by Crippen LogP contribution is -2.20. The van der Waals surface area contributed by atoms with Crippen molar-refractivity contribution in [3.63, 3.8) is 0 Å². The lowest BCUT2D eigenvalue weighted by atomic mass is 10.2. The van der Waals surface area contributed by atoms with Crippen molar-refractivity contribution < 1.29 is 19.8 Å². The van der Waals surface area contributed by atoms with Gasteiger partial charge in [-0.1, -0.05) is 11.6 Å². The number of phenols is 2. The SMILES string of the molecule is O=C(CCC(=O)Nc1ccc(Cl)cc1)N/N=C\c1ccc(O)cc1O. The van der Waals surface area contributed by atoms with Crippen LogP contribution < -0.4 is 10.7 Å². The Hall–Kier alpha value is -3.06. The molecule has 0 saturated carbocycles. The van der Waals surface area contributed by atoms with Crippen molar-refractivity contribution in [2.24, 2.45) is 5.10 Å². The maximum absolute atomic E-state index is 11.8. The molecule has 0 atom stereocenters. The summed E-state index contributed by atoms with van der Waals surface area (Å²) in [7, 11) is 0. The third kappa shape index (κ3) is 6.15. The molecule has 2 aromatic carbocycles. The van der Waals surface area contributed by atoms with Crippen LogP contribution in [0.2, 0.25) is 5.02 Å². The topological polar surface area (TPSA) is 111 Å². The minimum absolute atomic E-state index is 0.00552. The van der Waals surface area contributed by atoms with Gasteiger partial charge in [-0.05, 0) is 36.4 Å². The van der Waals surface area contributed by atoms with Gasteiger partial charge in [-0.2, -0.15) is 5.10 Å². The Morgan fingerprint density at radius 3 is 2.40 bits per heavy atom. The van der Waals surface area contributed by atoms with Crippen molar-refractivity contribution in [2.45, 2.75) is 12.8 Å². The molecule has 2 rings (SSSR count). The third-order valence-corrected chi connectivity index (χ3v) is 3.37. The number of rotatable bonds is 6. The zero-order chi connectivity index (χ0) is 18.2. The van der Waals surface area contributed by atoms with Gasteiger partial charge in [-0.25, -0.2) is 5.43 Å². The van der Waals surface area contributed by atoms with E-state index in [4.69, 9.17) is 11.6 Å². The van der Waals surface area contributed by atoms with Crippen molar-refractivity contribution in [1.82, 2.24) is 5.43 Å². The van der Waals surface area contributed by atoms with Crippen LogP contribution in [0.3, 0.4) is 0 Å². The molecule has 2 aromatic rings. The molecule has 0 saturated heterocycles. The smallest absolute Gasteiger partial charge is 0.240 e.